The average Bonchev–Trinajstić information content (AvgIpc) is 2.85. The van der Waals surface area contributed by atoms with Crippen LogP contribution in [0.2, 0.25) is 0 Å². The second kappa shape index (κ2) is 15.9. The van der Waals surface area contributed by atoms with Crippen molar-refractivity contribution in [3.8, 4) is 5.75 Å². The molecule has 0 unspecified atom stereocenters. The third-order valence-electron chi connectivity index (χ3n) is 4.76. The van der Waals surface area contributed by atoms with Crippen LogP contribution in [0.3, 0.4) is 0 Å². The Labute approximate surface area is 213 Å². The van der Waals surface area contributed by atoms with Crippen molar-refractivity contribution in [1.82, 2.24) is 0 Å². The Morgan fingerprint density at radius 1 is 0.778 bits per heavy atom. The molecule has 0 aliphatic carbocycles. The molecule has 0 spiro atoms. The number of hydrogen-bond acceptors (Lipinski definition) is 6. The van der Waals surface area contributed by atoms with Gasteiger partial charge in [-0.3, -0.25) is 4.90 Å². The zero-order chi connectivity index (χ0) is 26.2. The monoisotopic (exact) mass is 503 g/mol. The van der Waals surface area contributed by atoms with E-state index in [1.807, 2.05) is 81.5 Å². The van der Waals surface area contributed by atoms with E-state index in [2.05, 4.69) is 0 Å². The standard InChI is InChI=1S/C28H38FNO6/c1-28(2,3)36-27(31)30(4)25-11-7-23(8-12-25)5-6-24-9-13-26(14-10-24)35-22-21-34-20-19-33-18-17-32-16-15-29/h5-14H,15-22H2,1-4H3/b6-5+. The third-order valence-corrected chi connectivity index (χ3v) is 4.76. The molecule has 1 amide bonds. The fourth-order valence-electron chi connectivity index (χ4n) is 2.93. The first-order valence-corrected chi connectivity index (χ1v) is 12.1. The van der Waals surface area contributed by atoms with E-state index in [-0.39, 0.29) is 12.7 Å². The van der Waals surface area contributed by atoms with E-state index >= 15 is 0 Å². The number of hydrogen-bond donors (Lipinski definition) is 0. The molecule has 0 atom stereocenters. The highest BCUT2D eigenvalue weighted by Gasteiger charge is 2.20. The van der Waals surface area contributed by atoms with Crippen LogP contribution >= 0.6 is 0 Å². The summed E-state index contributed by atoms with van der Waals surface area (Å²) in [6.07, 6.45) is 3.64. The summed E-state index contributed by atoms with van der Waals surface area (Å²) in [5.41, 5.74) is 2.29. The summed E-state index contributed by atoms with van der Waals surface area (Å²) < 4.78 is 38.7. The van der Waals surface area contributed by atoms with Crippen LogP contribution in [0.5, 0.6) is 5.75 Å². The first-order valence-electron chi connectivity index (χ1n) is 12.1. The lowest BCUT2D eigenvalue weighted by Gasteiger charge is -2.24. The minimum Gasteiger partial charge on any atom is -0.491 e. The first kappa shape index (κ1) is 29.3. The minimum absolute atomic E-state index is 0.110. The molecule has 0 saturated heterocycles. The molecule has 0 N–H and O–H groups in total. The molecule has 2 aromatic carbocycles. The largest absolute Gasteiger partial charge is 0.491 e. The summed E-state index contributed by atoms with van der Waals surface area (Å²) in [4.78, 5) is 13.7. The van der Waals surface area contributed by atoms with E-state index in [1.165, 1.54) is 4.90 Å². The Morgan fingerprint density at radius 2 is 1.25 bits per heavy atom. The SMILES string of the molecule is CN(C(=O)OC(C)(C)C)c1ccc(/C=C/c2ccc(OCCOCCOCCOCCF)cc2)cc1. The molecule has 0 saturated carbocycles. The molecule has 0 aliphatic heterocycles. The lowest BCUT2D eigenvalue weighted by atomic mass is 10.1. The zero-order valence-electron chi connectivity index (χ0n) is 21.7. The Kier molecular flexibility index (Phi) is 13.0. The molecule has 0 heterocycles. The number of amides is 1. The molecule has 0 aromatic heterocycles. The maximum Gasteiger partial charge on any atom is 0.414 e. The highest BCUT2D eigenvalue weighted by atomic mass is 19.1. The van der Waals surface area contributed by atoms with E-state index in [1.54, 1.807) is 7.05 Å². The fourth-order valence-corrected chi connectivity index (χ4v) is 2.93. The van der Waals surface area contributed by atoms with Gasteiger partial charge in [0.05, 0.1) is 39.6 Å². The predicted molar refractivity (Wildman–Crippen MR) is 140 cm³/mol. The summed E-state index contributed by atoms with van der Waals surface area (Å²) in [6, 6.07) is 15.5. The van der Waals surface area contributed by atoms with Gasteiger partial charge in [-0.05, 0) is 56.2 Å². The van der Waals surface area contributed by atoms with Crippen molar-refractivity contribution >= 4 is 23.9 Å². The van der Waals surface area contributed by atoms with E-state index in [0.717, 1.165) is 22.6 Å². The van der Waals surface area contributed by atoms with Gasteiger partial charge in [0.15, 0.2) is 0 Å². The number of nitrogens with zero attached hydrogens (tertiary/aromatic N) is 1. The maximum absolute atomic E-state index is 12.2. The number of ether oxygens (including phenoxy) is 5. The van der Waals surface area contributed by atoms with Crippen molar-refractivity contribution in [2.45, 2.75) is 26.4 Å². The van der Waals surface area contributed by atoms with E-state index in [9.17, 15) is 9.18 Å². The fraction of sp³-hybridized carbons (Fsp3) is 0.464. The van der Waals surface area contributed by atoms with Gasteiger partial charge in [-0.2, -0.15) is 0 Å². The van der Waals surface area contributed by atoms with E-state index in [0.29, 0.717) is 39.6 Å². The Morgan fingerprint density at radius 3 is 1.75 bits per heavy atom. The van der Waals surface area contributed by atoms with Gasteiger partial charge in [0.2, 0.25) is 0 Å². The Balaban J connectivity index is 1.67. The van der Waals surface area contributed by atoms with Crippen LogP contribution in [0, 0.1) is 0 Å². The molecule has 0 bridgehead atoms. The van der Waals surface area contributed by atoms with E-state index < -0.39 is 12.3 Å². The van der Waals surface area contributed by atoms with Crippen molar-refractivity contribution in [3.63, 3.8) is 0 Å². The Hall–Kier alpha value is -2.94. The number of carbonyl (C=O) groups is 1. The van der Waals surface area contributed by atoms with Crippen LogP contribution in [0.15, 0.2) is 48.5 Å². The van der Waals surface area contributed by atoms with Gasteiger partial charge in [-0.25, -0.2) is 9.18 Å². The van der Waals surface area contributed by atoms with Gasteiger partial charge in [0, 0.05) is 12.7 Å². The predicted octanol–water partition coefficient (Wildman–Crippen LogP) is 5.63. The third kappa shape index (κ3) is 12.2. The molecule has 36 heavy (non-hydrogen) atoms. The zero-order valence-corrected chi connectivity index (χ0v) is 21.7. The van der Waals surface area contributed by atoms with Gasteiger partial charge < -0.3 is 23.7 Å². The number of carbonyl (C=O) groups excluding carboxylic acids is 1. The molecule has 0 aliphatic rings. The first-order chi connectivity index (χ1) is 17.3. The lowest BCUT2D eigenvalue weighted by molar-refractivity contribution is 0.00750. The molecule has 7 nitrogen and oxygen atoms in total. The van der Waals surface area contributed by atoms with Crippen LogP contribution in [0.1, 0.15) is 31.9 Å². The van der Waals surface area contributed by atoms with Crippen LogP contribution in [0.4, 0.5) is 14.9 Å². The molecule has 198 valence electrons. The second-order valence-corrected chi connectivity index (χ2v) is 8.91. The quantitative estimate of drug-likeness (QED) is 0.232. The summed E-state index contributed by atoms with van der Waals surface area (Å²) in [6.45, 7) is 7.81. The van der Waals surface area contributed by atoms with Crippen molar-refractivity contribution in [1.29, 1.82) is 0 Å². The molecule has 8 heteroatoms. The van der Waals surface area contributed by atoms with Crippen LogP contribution in [0.25, 0.3) is 12.2 Å². The number of halogens is 1. The van der Waals surface area contributed by atoms with Gasteiger partial charge >= 0.3 is 6.09 Å². The summed E-state index contributed by atoms with van der Waals surface area (Å²) in [7, 11) is 1.69. The molecule has 2 rings (SSSR count). The van der Waals surface area contributed by atoms with Crippen molar-refractivity contribution in [3.05, 3.63) is 59.7 Å². The van der Waals surface area contributed by atoms with Crippen LogP contribution in [-0.4, -0.2) is 71.7 Å². The number of alkyl halides is 1. The number of rotatable bonds is 15. The van der Waals surface area contributed by atoms with E-state index in [4.69, 9.17) is 23.7 Å². The van der Waals surface area contributed by atoms with Gasteiger partial charge in [-0.15, -0.1) is 0 Å². The van der Waals surface area contributed by atoms with Gasteiger partial charge in [-0.1, -0.05) is 36.4 Å². The van der Waals surface area contributed by atoms with Crippen LogP contribution < -0.4 is 9.64 Å². The summed E-state index contributed by atoms with van der Waals surface area (Å²) in [5, 5.41) is 0. The summed E-state index contributed by atoms with van der Waals surface area (Å²) >= 11 is 0. The Bertz CT molecular complexity index is 909. The molecule has 0 fully saturated rings. The smallest absolute Gasteiger partial charge is 0.414 e. The molecule has 2 aromatic rings. The van der Waals surface area contributed by atoms with Crippen molar-refractivity contribution < 1.29 is 32.9 Å². The van der Waals surface area contributed by atoms with Crippen molar-refractivity contribution in [2.75, 3.05) is 64.9 Å². The average molecular weight is 504 g/mol. The number of anilines is 1. The molecular formula is C28H38FNO6. The molecular weight excluding hydrogens is 465 g/mol. The second-order valence-electron chi connectivity index (χ2n) is 8.91. The highest BCUT2D eigenvalue weighted by Crippen LogP contribution is 2.19. The molecule has 0 radical (unpaired) electrons. The van der Waals surface area contributed by atoms with Crippen molar-refractivity contribution in [2.24, 2.45) is 0 Å². The van der Waals surface area contributed by atoms with Crippen LogP contribution in [-0.2, 0) is 18.9 Å². The normalized spacial score (nSPS) is 11.6. The highest BCUT2D eigenvalue weighted by molar-refractivity contribution is 5.87. The maximum atomic E-state index is 12.2. The minimum atomic E-state index is -0.535. The topological polar surface area (TPSA) is 66.5 Å². The summed E-state index contributed by atoms with van der Waals surface area (Å²) in [5.74, 6) is 0.770. The van der Waals surface area contributed by atoms with Gasteiger partial charge in [0.1, 0.15) is 24.6 Å². The number of benzene rings is 2. The van der Waals surface area contributed by atoms with Gasteiger partial charge in [0.25, 0.3) is 0 Å². The lowest BCUT2D eigenvalue weighted by Crippen LogP contribution is -2.34.